The van der Waals surface area contributed by atoms with Gasteiger partial charge >= 0.3 is 5.97 Å². The molecular formula is C11H12ClNO4. The smallest absolute Gasteiger partial charge is 0.339 e. The number of carboxylic acids is 1. The Kier molecular flexibility index (Phi) is 4.34. The Labute approximate surface area is 103 Å². The van der Waals surface area contributed by atoms with E-state index >= 15 is 0 Å². The van der Waals surface area contributed by atoms with Crippen LogP contribution in [0.3, 0.4) is 0 Å². The van der Waals surface area contributed by atoms with Crippen molar-refractivity contribution in [2.75, 3.05) is 0 Å². The van der Waals surface area contributed by atoms with Crippen LogP contribution in [-0.2, 0) is 4.79 Å². The molecule has 0 aliphatic heterocycles. The summed E-state index contributed by atoms with van der Waals surface area (Å²) in [6, 6.07) is 4.32. The first-order valence-electron chi connectivity index (χ1n) is 4.95. The van der Waals surface area contributed by atoms with Gasteiger partial charge < -0.3 is 15.6 Å². The molecule has 0 saturated carbocycles. The van der Waals surface area contributed by atoms with Crippen molar-refractivity contribution in [3.63, 3.8) is 0 Å². The number of benzene rings is 1. The van der Waals surface area contributed by atoms with E-state index < -0.39 is 18.0 Å². The molecular weight excluding hydrogens is 246 g/mol. The van der Waals surface area contributed by atoms with Crippen molar-refractivity contribution in [3.8, 4) is 5.75 Å². The van der Waals surface area contributed by atoms with Gasteiger partial charge in [-0.15, -0.1) is 0 Å². The highest BCUT2D eigenvalue weighted by Gasteiger charge is 2.21. The second-order valence-electron chi connectivity index (χ2n) is 3.34. The quantitative estimate of drug-likeness (QED) is 0.840. The molecule has 0 radical (unpaired) electrons. The molecule has 3 N–H and O–H groups in total. The normalized spacial score (nSPS) is 11.9. The van der Waals surface area contributed by atoms with Crippen molar-refractivity contribution in [2.45, 2.75) is 19.4 Å². The second-order valence-corrected chi connectivity index (χ2v) is 3.75. The summed E-state index contributed by atoms with van der Waals surface area (Å²) in [4.78, 5) is 22.0. The third-order valence-corrected chi connectivity index (χ3v) is 2.44. The van der Waals surface area contributed by atoms with E-state index in [4.69, 9.17) is 27.2 Å². The minimum absolute atomic E-state index is 0.0349. The summed E-state index contributed by atoms with van der Waals surface area (Å²) >= 11 is 5.84. The fourth-order valence-electron chi connectivity index (χ4n) is 1.28. The maximum Gasteiger partial charge on any atom is 0.339 e. The van der Waals surface area contributed by atoms with E-state index in [0.29, 0.717) is 6.42 Å². The molecule has 6 heteroatoms. The first-order chi connectivity index (χ1) is 7.97. The van der Waals surface area contributed by atoms with Crippen molar-refractivity contribution in [1.29, 1.82) is 0 Å². The van der Waals surface area contributed by atoms with E-state index in [-0.39, 0.29) is 16.3 Å². The lowest BCUT2D eigenvalue weighted by molar-refractivity contribution is -0.124. The highest BCUT2D eigenvalue weighted by Crippen LogP contribution is 2.29. The number of para-hydroxylation sites is 1. The van der Waals surface area contributed by atoms with Gasteiger partial charge in [0.15, 0.2) is 11.9 Å². The van der Waals surface area contributed by atoms with Crippen LogP contribution in [-0.4, -0.2) is 23.1 Å². The number of carboxylic acid groups (broad SMARTS) is 1. The summed E-state index contributed by atoms with van der Waals surface area (Å²) < 4.78 is 5.26. The van der Waals surface area contributed by atoms with Gasteiger partial charge in [-0.3, -0.25) is 4.79 Å². The van der Waals surface area contributed by atoms with Crippen LogP contribution >= 0.6 is 11.6 Å². The Bertz CT molecular complexity index is 447. The maximum atomic E-state index is 11.0. The Morgan fingerprint density at radius 3 is 2.65 bits per heavy atom. The standard InChI is InChI=1S/C11H12ClNO4/c1-2-8(10(13)14)17-9-6(11(15)16)4-3-5-7(9)12/h3-5,8H,2H2,1H3,(H2,13,14)(H,15,16). The lowest BCUT2D eigenvalue weighted by Crippen LogP contribution is -2.33. The van der Waals surface area contributed by atoms with Gasteiger partial charge in [-0.05, 0) is 18.6 Å². The first-order valence-corrected chi connectivity index (χ1v) is 5.33. The van der Waals surface area contributed by atoms with E-state index in [0.717, 1.165) is 0 Å². The number of carbonyl (C=O) groups is 2. The molecule has 17 heavy (non-hydrogen) atoms. The minimum Gasteiger partial charge on any atom is -0.478 e. The molecule has 1 aromatic carbocycles. The number of amides is 1. The van der Waals surface area contributed by atoms with Gasteiger partial charge in [-0.1, -0.05) is 24.6 Å². The van der Waals surface area contributed by atoms with Crippen LogP contribution in [0.25, 0.3) is 0 Å². The molecule has 0 aliphatic carbocycles. The van der Waals surface area contributed by atoms with Crippen molar-refractivity contribution in [2.24, 2.45) is 5.73 Å². The number of hydrogen-bond donors (Lipinski definition) is 2. The van der Waals surface area contributed by atoms with E-state index in [1.165, 1.54) is 18.2 Å². The highest BCUT2D eigenvalue weighted by molar-refractivity contribution is 6.32. The summed E-state index contributed by atoms with van der Waals surface area (Å²) in [6.45, 7) is 1.70. The molecule has 0 fully saturated rings. The third kappa shape index (κ3) is 3.10. The van der Waals surface area contributed by atoms with Gasteiger partial charge in [0.2, 0.25) is 0 Å². The Balaban J connectivity index is 3.12. The number of aromatic carboxylic acids is 1. The van der Waals surface area contributed by atoms with E-state index in [1.54, 1.807) is 6.92 Å². The molecule has 1 rings (SSSR count). The van der Waals surface area contributed by atoms with Gasteiger partial charge in [0, 0.05) is 0 Å². The fraction of sp³-hybridized carbons (Fsp3) is 0.273. The zero-order valence-corrected chi connectivity index (χ0v) is 9.90. The highest BCUT2D eigenvalue weighted by atomic mass is 35.5. The first kappa shape index (κ1) is 13.3. The monoisotopic (exact) mass is 257 g/mol. The molecule has 1 atom stereocenters. The summed E-state index contributed by atoms with van der Waals surface area (Å²) in [5.41, 5.74) is 5.02. The topological polar surface area (TPSA) is 89.6 Å². The van der Waals surface area contributed by atoms with Gasteiger partial charge in [-0.2, -0.15) is 0 Å². The van der Waals surface area contributed by atoms with Gasteiger partial charge in [0.25, 0.3) is 5.91 Å². The second kappa shape index (κ2) is 5.54. The van der Waals surface area contributed by atoms with Gasteiger partial charge in [-0.25, -0.2) is 4.79 Å². The molecule has 0 aliphatic rings. The van der Waals surface area contributed by atoms with E-state index in [9.17, 15) is 9.59 Å². The largest absolute Gasteiger partial charge is 0.478 e. The summed E-state index contributed by atoms with van der Waals surface area (Å²) in [6.07, 6.45) is -0.562. The molecule has 0 heterocycles. The SMILES string of the molecule is CCC(Oc1c(Cl)cccc1C(=O)O)C(N)=O. The van der Waals surface area contributed by atoms with Crippen molar-refractivity contribution in [3.05, 3.63) is 28.8 Å². The Hall–Kier alpha value is -1.75. The molecule has 0 bridgehead atoms. The van der Waals surface area contributed by atoms with Crippen LogP contribution < -0.4 is 10.5 Å². The Morgan fingerprint density at radius 2 is 2.18 bits per heavy atom. The molecule has 92 valence electrons. The molecule has 0 saturated heterocycles. The average Bonchev–Trinajstić information content (AvgIpc) is 2.26. The summed E-state index contributed by atoms with van der Waals surface area (Å²) in [5.74, 6) is -1.88. The van der Waals surface area contributed by atoms with Crippen LogP contribution in [0.5, 0.6) is 5.75 Å². The van der Waals surface area contributed by atoms with Crippen molar-refractivity contribution in [1.82, 2.24) is 0 Å². The zero-order valence-electron chi connectivity index (χ0n) is 9.14. The number of rotatable bonds is 5. The lowest BCUT2D eigenvalue weighted by atomic mass is 10.2. The number of nitrogens with two attached hydrogens (primary N) is 1. The van der Waals surface area contributed by atoms with E-state index in [1.807, 2.05) is 0 Å². The minimum atomic E-state index is -1.18. The number of ether oxygens (including phenoxy) is 1. The Morgan fingerprint density at radius 1 is 1.53 bits per heavy atom. The fourth-order valence-corrected chi connectivity index (χ4v) is 1.50. The van der Waals surface area contributed by atoms with Crippen LogP contribution in [0.15, 0.2) is 18.2 Å². The van der Waals surface area contributed by atoms with Crippen LogP contribution in [0, 0.1) is 0 Å². The predicted octanol–water partition coefficient (Wildman–Crippen LogP) is 1.68. The van der Waals surface area contributed by atoms with Crippen molar-refractivity contribution >= 4 is 23.5 Å². The third-order valence-electron chi connectivity index (χ3n) is 2.15. The number of carbonyl (C=O) groups excluding carboxylic acids is 1. The van der Waals surface area contributed by atoms with E-state index in [2.05, 4.69) is 0 Å². The molecule has 0 spiro atoms. The van der Waals surface area contributed by atoms with Crippen LogP contribution in [0.2, 0.25) is 5.02 Å². The molecule has 0 aromatic heterocycles. The maximum absolute atomic E-state index is 11.0. The lowest BCUT2D eigenvalue weighted by Gasteiger charge is -2.16. The van der Waals surface area contributed by atoms with Gasteiger partial charge in [0.1, 0.15) is 5.56 Å². The average molecular weight is 258 g/mol. The summed E-state index contributed by atoms with van der Waals surface area (Å²) in [7, 11) is 0. The van der Waals surface area contributed by atoms with Crippen LogP contribution in [0.4, 0.5) is 0 Å². The summed E-state index contributed by atoms with van der Waals surface area (Å²) in [5, 5.41) is 9.09. The number of primary amides is 1. The predicted molar refractivity (Wildman–Crippen MR) is 62.3 cm³/mol. The molecule has 1 unspecified atom stereocenters. The van der Waals surface area contributed by atoms with Gasteiger partial charge in [0.05, 0.1) is 5.02 Å². The van der Waals surface area contributed by atoms with Crippen LogP contribution in [0.1, 0.15) is 23.7 Å². The van der Waals surface area contributed by atoms with Crippen molar-refractivity contribution < 1.29 is 19.4 Å². The zero-order chi connectivity index (χ0) is 13.0. The molecule has 5 nitrogen and oxygen atoms in total. The molecule has 1 amide bonds. The molecule has 1 aromatic rings. The number of hydrogen-bond acceptors (Lipinski definition) is 3. The number of halogens is 1.